The number of fused-ring (bicyclic) bond motifs is 2. The first kappa shape index (κ1) is 12.0. The normalized spacial score (nSPS) is 31.2. The molecule has 104 valence electrons. The Kier molecular flexibility index (Phi) is 2.60. The van der Waals surface area contributed by atoms with Crippen molar-refractivity contribution >= 4 is 5.91 Å². The lowest BCUT2D eigenvalue weighted by atomic mass is 9.85. The third-order valence-corrected chi connectivity index (χ3v) is 4.90. The van der Waals surface area contributed by atoms with Crippen LogP contribution in [0.2, 0.25) is 0 Å². The van der Waals surface area contributed by atoms with Crippen LogP contribution in [-0.4, -0.2) is 24.0 Å². The average molecular weight is 270 g/mol. The molecule has 1 aromatic rings. The molecular formula is C16H20N3O+. The highest BCUT2D eigenvalue weighted by atomic mass is 16.2. The van der Waals surface area contributed by atoms with Crippen LogP contribution in [0.5, 0.6) is 0 Å². The van der Waals surface area contributed by atoms with Crippen LogP contribution in [0, 0.1) is 5.92 Å². The van der Waals surface area contributed by atoms with E-state index in [2.05, 4.69) is 29.7 Å². The summed E-state index contributed by atoms with van der Waals surface area (Å²) in [7, 11) is 0. The van der Waals surface area contributed by atoms with Crippen LogP contribution < -0.4 is 10.3 Å². The summed E-state index contributed by atoms with van der Waals surface area (Å²) in [5.41, 5.74) is 7.36. The highest BCUT2D eigenvalue weighted by molar-refractivity contribution is 5.74. The van der Waals surface area contributed by atoms with Gasteiger partial charge in [0.1, 0.15) is 0 Å². The van der Waals surface area contributed by atoms with Crippen LogP contribution >= 0.6 is 0 Å². The quantitative estimate of drug-likeness (QED) is 0.785. The van der Waals surface area contributed by atoms with Gasteiger partial charge in [-0.25, -0.2) is 5.01 Å². The fourth-order valence-electron chi connectivity index (χ4n) is 3.96. The Labute approximate surface area is 119 Å². The summed E-state index contributed by atoms with van der Waals surface area (Å²) in [5.74, 6) is 0.714. The first-order valence-corrected chi connectivity index (χ1v) is 7.46. The molecule has 1 fully saturated rings. The van der Waals surface area contributed by atoms with Crippen molar-refractivity contribution in [3.8, 4) is 0 Å². The van der Waals surface area contributed by atoms with Gasteiger partial charge in [-0.2, -0.15) is 0 Å². The van der Waals surface area contributed by atoms with Gasteiger partial charge in [-0.05, 0) is 5.56 Å². The van der Waals surface area contributed by atoms with Crippen LogP contribution in [0.1, 0.15) is 31.4 Å². The summed E-state index contributed by atoms with van der Waals surface area (Å²) in [6.45, 7) is 4.06. The number of benzene rings is 1. The standard InChI is InChI=1S/C16H19N3O/c1-11(20)19-15(13-5-3-2-4-6-13)16-14(17-19)12-7-9-18(16)10-8-12/h2-6,12,15,17H,7-10H2,1H3/p+1. The fraction of sp³-hybridized carbons (Fsp3) is 0.438. The number of amides is 1. The van der Waals surface area contributed by atoms with E-state index in [9.17, 15) is 4.79 Å². The molecule has 0 radical (unpaired) electrons. The maximum atomic E-state index is 12.0. The Morgan fingerprint density at radius 3 is 2.60 bits per heavy atom. The third-order valence-electron chi connectivity index (χ3n) is 4.90. The highest BCUT2D eigenvalue weighted by Gasteiger charge is 2.49. The zero-order valence-electron chi connectivity index (χ0n) is 11.7. The first-order valence-electron chi connectivity index (χ1n) is 7.46. The topological polar surface area (TPSA) is 36.8 Å². The maximum Gasteiger partial charge on any atom is 0.238 e. The van der Waals surface area contributed by atoms with Gasteiger partial charge in [-0.15, -0.1) is 0 Å². The molecule has 4 aliphatic rings. The number of piperidine rings is 1. The van der Waals surface area contributed by atoms with Crippen LogP contribution in [0.25, 0.3) is 0 Å². The van der Waals surface area contributed by atoms with Crippen LogP contribution in [-0.2, 0) is 4.79 Å². The van der Waals surface area contributed by atoms with Crippen molar-refractivity contribution in [2.75, 3.05) is 13.1 Å². The number of nitrogens with zero attached hydrogens (tertiary/aromatic N) is 1. The number of allylic oxidation sites excluding steroid dienone is 1. The molecule has 1 amide bonds. The minimum atomic E-state index is 0.0711. The second-order valence-corrected chi connectivity index (χ2v) is 6.02. The fourth-order valence-corrected chi connectivity index (χ4v) is 3.96. The molecule has 0 aliphatic carbocycles. The second-order valence-electron chi connectivity index (χ2n) is 6.02. The molecule has 5 rings (SSSR count). The third kappa shape index (κ3) is 1.61. The van der Waals surface area contributed by atoms with Gasteiger partial charge in [-0.1, -0.05) is 30.3 Å². The molecule has 4 nitrogen and oxygen atoms in total. The minimum absolute atomic E-state index is 0.0711. The molecule has 1 atom stereocenters. The molecule has 1 saturated heterocycles. The summed E-state index contributed by atoms with van der Waals surface area (Å²) in [6, 6.07) is 10.5. The largest absolute Gasteiger partial charge is 0.302 e. The lowest BCUT2D eigenvalue weighted by Gasteiger charge is -2.36. The zero-order valence-corrected chi connectivity index (χ0v) is 11.7. The van der Waals surface area contributed by atoms with Crippen LogP contribution in [0.4, 0.5) is 0 Å². The zero-order chi connectivity index (χ0) is 13.7. The number of carbonyl (C=O) groups excluding carboxylic acids is 1. The molecule has 20 heavy (non-hydrogen) atoms. The van der Waals surface area contributed by atoms with E-state index in [0.717, 1.165) is 0 Å². The second kappa shape index (κ2) is 4.35. The predicted molar refractivity (Wildman–Crippen MR) is 75.3 cm³/mol. The lowest BCUT2D eigenvalue weighted by molar-refractivity contribution is -0.875. The Balaban J connectivity index is 1.82. The Morgan fingerprint density at radius 2 is 1.95 bits per heavy atom. The molecule has 4 heteroatoms. The van der Waals surface area contributed by atoms with E-state index in [1.165, 1.54) is 42.9 Å². The molecule has 0 saturated carbocycles. The van der Waals surface area contributed by atoms with Crippen molar-refractivity contribution in [2.24, 2.45) is 5.92 Å². The maximum absolute atomic E-state index is 12.0. The van der Waals surface area contributed by atoms with Gasteiger partial charge in [0, 0.05) is 25.7 Å². The molecule has 1 aromatic carbocycles. The van der Waals surface area contributed by atoms with E-state index in [-0.39, 0.29) is 11.9 Å². The van der Waals surface area contributed by atoms with Gasteiger partial charge < -0.3 is 4.90 Å². The number of rotatable bonds is 1. The number of hydrogen-bond donors (Lipinski definition) is 2. The van der Waals surface area contributed by atoms with Crippen LogP contribution in [0.15, 0.2) is 41.7 Å². The minimum Gasteiger partial charge on any atom is -0.302 e. The lowest BCUT2D eigenvalue weighted by Crippen LogP contribution is -3.13. The molecule has 4 heterocycles. The average Bonchev–Trinajstić information content (AvgIpc) is 2.92. The molecule has 0 aromatic heterocycles. The summed E-state index contributed by atoms with van der Waals surface area (Å²) in [5, 5.41) is 1.82. The van der Waals surface area contributed by atoms with Gasteiger partial charge >= 0.3 is 0 Å². The smallest absolute Gasteiger partial charge is 0.238 e. The first-order chi connectivity index (χ1) is 9.75. The van der Waals surface area contributed by atoms with Gasteiger partial charge in [0.2, 0.25) is 5.91 Å². The summed E-state index contributed by atoms with van der Waals surface area (Å²) >= 11 is 0. The Hall–Kier alpha value is -1.81. The monoisotopic (exact) mass is 270 g/mol. The summed E-state index contributed by atoms with van der Waals surface area (Å²) in [6.07, 6.45) is 2.49. The van der Waals surface area contributed by atoms with Crippen molar-refractivity contribution in [1.82, 2.24) is 10.4 Å². The molecule has 1 unspecified atom stereocenters. The van der Waals surface area contributed by atoms with Crippen LogP contribution in [0.3, 0.4) is 0 Å². The van der Waals surface area contributed by atoms with Crippen molar-refractivity contribution in [3.05, 3.63) is 47.3 Å². The van der Waals surface area contributed by atoms with Gasteiger partial charge in [0.25, 0.3) is 0 Å². The Morgan fingerprint density at radius 1 is 1.25 bits per heavy atom. The van der Waals surface area contributed by atoms with E-state index in [1.54, 1.807) is 11.8 Å². The molecule has 2 N–H and O–H groups in total. The van der Waals surface area contributed by atoms with Crippen molar-refractivity contribution in [2.45, 2.75) is 25.8 Å². The predicted octanol–water partition coefficient (Wildman–Crippen LogP) is 0.615. The van der Waals surface area contributed by atoms with Gasteiger partial charge in [0.05, 0.1) is 18.8 Å². The molecule has 0 spiro atoms. The number of hydrazine groups is 1. The van der Waals surface area contributed by atoms with E-state index in [1.807, 2.05) is 11.1 Å². The van der Waals surface area contributed by atoms with E-state index in [4.69, 9.17) is 0 Å². The number of quaternary nitrogens is 1. The van der Waals surface area contributed by atoms with Crippen molar-refractivity contribution in [3.63, 3.8) is 0 Å². The van der Waals surface area contributed by atoms with E-state index in [0.29, 0.717) is 5.92 Å². The molecular weight excluding hydrogens is 250 g/mol. The number of nitrogens with one attached hydrogen (secondary N) is 2. The van der Waals surface area contributed by atoms with Crippen molar-refractivity contribution in [1.29, 1.82) is 0 Å². The summed E-state index contributed by atoms with van der Waals surface area (Å²) in [4.78, 5) is 13.6. The van der Waals surface area contributed by atoms with E-state index < -0.39 is 0 Å². The van der Waals surface area contributed by atoms with Gasteiger partial charge in [0.15, 0.2) is 11.7 Å². The van der Waals surface area contributed by atoms with Crippen molar-refractivity contribution < 1.29 is 9.69 Å². The Bertz CT molecular complexity index is 573. The van der Waals surface area contributed by atoms with E-state index >= 15 is 0 Å². The number of carbonyl (C=O) groups is 1. The van der Waals surface area contributed by atoms with Gasteiger partial charge in [-0.3, -0.25) is 10.2 Å². The SMILES string of the molecule is CC(=O)N1NC2=C(C1c1ccccc1)[NH+]1CCC2CC1. The number of hydrogen-bond acceptors (Lipinski definition) is 2. The highest BCUT2D eigenvalue weighted by Crippen LogP contribution is 2.38. The summed E-state index contributed by atoms with van der Waals surface area (Å²) < 4.78 is 0. The molecule has 4 aliphatic heterocycles. The molecule has 2 bridgehead atoms.